The van der Waals surface area contributed by atoms with Gasteiger partial charge in [-0.3, -0.25) is 10.1 Å². The van der Waals surface area contributed by atoms with Gasteiger partial charge in [-0.25, -0.2) is 0 Å². The molecule has 0 aromatic heterocycles. The lowest BCUT2D eigenvalue weighted by Crippen LogP contribution is -1.94. The second kappa shape index (κ2) is 6.90. The average molecular weight is 269 g/mol. The SMILES string of the molecule is CCSc1cc(/C=C/[N+](=O)[O-])cc(OC)c1OC. The van der Waals surface area contributed by atoms with Gasteiger partial charge >= 0.3 is 0 Å². The van der Waals surface area contributed by atoms with Crippen LogP contribution in [-0.2, 0) is 0 Å². The van der Waals surface area contributed by atoms with Crippen molar-refractivity contribution in [3.05, 3.63) is 34.0 Å². The van der Waals surface area contributed by atoms with Crippen molar-refractivity contribution >= 4 is 17.8 Å². The molecule has 6 heteroatoms. The molecule has 0 radical (unpaired) electrons. The Morgan fingerprint density at radius 3 is 2.61 bits per heavy atom. The lowest BCUT2D eigenvalue weighted by molar-refractivity contribution is -0.400. The highest BCUT2D eigenvalue weighted by atomic mass is 32.2. The summed E-state index contributed by atoms with van der Waals surface area (Å²) in [6.07, 6.45) is 2.34. The Kier molecular flexibility index (Phi) is 5.51. The second-order valence-corrected chi connectivity index (χ2v) is 4.59. The maximum absolute atomic E-state index is 10.3. The molecule has 0 fully saturated rings. The minimum absolute atomic E-state index is 0.497. The van der Waals surface area contributed by atoms with E-state index in [1.54, 1.807) is 32.0 Å². The Hall–Kier alpha value is -1.69. The molecule has 0 aliphatic carbocycles. The summed E-state index contributed by atoms with van der Waals surface area (Å²) in [5.41, 5.74) is 0.709. The minimum atomic E-state index is -0.497. The molecule has 0 amide bonds. The van der Waals surface area contributed by atoms with Crippen molar-refractivity contribution in [2.24, 2.45) is 0 Å². The summed E-state index contributed by atoms with van der Waals surface area (Å²) in [5.74, 6) is 2.10. The highest BCUT2D eigenvalue weighted by Gasteiger charge is 2.11. The molecule has 0 bridgehead atoms. The molecule has 0 saturated heterocycles. The number of nitrogens with zero attached hydrogens (tertiary/aromatic N) is 1. The highest BCUT2D eigenvalue weighted by Crippen LogP contribution is 2.38. The Bertz CT molecular complexity index is 460. The van der Waals surface area contributed by atoms with Gasteiger partial charge in [0.25, 0.3) is 0 Å². The molecule has 0 saturated carbocycles. The van der Waals surface area contributed by atoms with Crippen LogP contribution in [0.15, 0.2) is 23.2 Å². The van der Waals surface area contributed by atoms with Crippen LogP contribution in [0, 0.1) is 10.1 Å². The van der Waals surface area contributed by atoms with E-state index in [0.717, 1.165) is 16.8 Å². The molecule has 0 aliphatic rings. The topological polar surface area (TPSA) is 61.6 Å². The average Bonchev–Trinajstić information content (AvgIpc) is 2.36. The van der Waals surface area contributed by atoms with Crippen molar-refractivity contribution in [2.45, 2.75) is 11.8 Å². The van der Waals surface area contributed by atoms with Gasteiger partial charge in [0.1, 0.15) is 0 Å². The Morgan fingerprint density at radius 1 is 1.39 bits per heavy atom. The van der Waals surface area contributed by atoms with Gasteiger partial charge in [-0.2, -0.15) is 0 Å². The van der Waals surface area contributed by atoms with Crippen molar-refractivity contribution < 1.29 is 14.4 Å². The largest absolute Gasteiger partial charge is 0.493 e. The monoisotopic (exact) mass is 269 g/mol. The first-order valence-electron chi connectivity index (χ1n) is 5.32. The standard InChI is InChI=1S/C12H15NO4S/c1-4-18-11-8-9(5-6-13(14)15)7-10(16-2)12(11)17-3/h5-8H,4H2,1-3H3/b6-5+. The lowest BCUT2D eigenvalue weighted by atomic mass is 10.2. The fourth-order valence-corrected chi connectivity index (χ4v) is 2.30. The number of hydrogen-bond donors (Lipinski definition) is 0. The first-order valence-corrected chi connectivity index (χ1v) is 6.31. The number of nitro groups is 1. The van der Waals surface area contributed by atoms with E-state index in [9.17, 15) is 10.1 Å². The van der Waals surface area contributed by atoms with E-state index < -0.39 is 4.92 Å². The fraction of sp³-hybridized carbons (Fsp3) is 0.333. The number of hydrogen-bond acceptors (Lipinski definition) is 5. The van der Waals surface area contributed by atoms with Crippen LogP contribution in [0.25, 0.3) is 6.08 Å². The third-order valence-electron chi connectivity index (χ3n) is 2.16. The molecule has 0 atom stereocenters. The van der Waals surface area contributed by atoms with Gasteiger partial charge in [0.15, 0.2) is 11.5 Å². The van der Waals surface area contributed by atoms with Crippen LogP contribution < -0.4 is 9.47 Å². The Labute approximate surface area is 110 Å². The van der Waals surface area contributed by atoms with E-state index in [1.165, 1.54) is 6.08 Å². The summed E-state index contributed by atoms with van der Waals surface area (Å²) in [4.78, 5) is 10.7. The number of benzene rings is 1. The third kappa shape index (κ3) is 3.66. The molecule has 18 heavy (non-hydrogen) atoms. The molecule has 0 unspecified atom stereocenters. The van der Waals surface area contributed by atoms with Crippen molar-refractivity contribution in [1.82, 2.24) is 0 Å². The quantitative estimate of drug-likeness (QED) is 0.451. The summed E-state index contributed by atoms with van der Waals surface area (Å²) in [6.45, 7) is 2.02. The molecule has 98 valence electrons. The zero-order valence-corrected chi connectivity index (χ0v) is 11.3. The molecule has 0 spiro atoms. The van der Waals surface area contributed by atoms with E-state index in [4.69, 9.17) is 9.47 Å². The molecule has 1 aromatic carbocycles. The van der Waals surface area contributed by atoms with E-state index in [1.807, 2.05) is 13.0 Å². The van der Waals surface area contributed by atoms with Gasteiger partial charge in [0.05, 0.1) is 24.0 Å². The van der Waals surface area contributed by atoms with Crippen LogP contribution in [0.1, 0.15) is 12.5 Å². The van der Waals surface area contributed by atoms with Crippen LogP contribution in [0.3, 0.4) is 0 Å². The normalized spacial score (nSPS) is 10.6. The van der Waals surface area contributed by atoms with E-state index in [0.29, 0.717) is 17.1 Å². The van der Waals surface area contributed by atoms with E-state index in [2.05, 4.69) is 0 Å². The second-order valence-electron chi connectivity index (χ2n) is 3.29. The number of methoxy groups -OCH3 is 2. The number of rotatable bonds is 6. The maximum Gasteiger partial charge on any atom is 0.235 e. The molecule has 1 aromatic rings. The van der Waals surface area contributed by atoms with Crippen molar-refractivity contribution in [3.63, 3.8) is 0 Å². The predicted octanol–water partition coefficient (Wildman–Crippen LogP) is 3.06. The zero-order valence-electron chi connectivity index (χ0n) is 10.5. The van der Waals surface area contributed by atoms with Crippen LogP contribution in [0.5, 0.6) is 11.5 Å². The lowest BCUT2D eigenvalue weighted by Gasteiger charge is -2.12. The summed E-state index contributed by atoms with van der Waals surface area (Å²) in [5, 5.41) is 10.3. The molecule has 0 aliphatic heterocycles. The van der Waals surface area contributed by atoms with Crippen LogP contribution in [0.2, 0.25) is 0 Å². The number of thioether (sulfide) groups is 1. The smallest absolute Gasteiger partial charge is 0.235 e. The Balaban J connectivity index is 3.22. The Morgan fingerprint density at radius 2 is 2.11 bits per heavy atom. The summed E-state index contributed by atoms with van der Waals surface area (Å²) in [7, 11) is 3.11. The first-order chi connectivity index (χ1) is 8.62. The molecule has 1 rings (SSSR count). The van der Waals surface area contributed by atoms with E-state index >= 15 is 0 Å². The highest BCUT2D eigenvalue weighted by molar-refractivity contribution is 7.99. The predicted molar refractivity (Wildman–Crippen MR) is 72.0 cm³/mol. The molecular formula is C12H15NO4S. The molecule has 5 nitrogen and oxygen atoms in total. The molecular weight excluding hydrogens is 254 g/mol. The fourth-order valence-electron chi connectivity index (χ4n) is 1.46. The van der Waals surface area contributed by atoms with Crippen LogP contribution in [-0.4, -0.2) is 24.9 Å². The minimum Gasteiger partial charge on any atom is -0.493 e. The molecule has 0 heterocycles. The van der Waals surface area contributed by atoms with Crippen LogP contribution >= 0.6 is 11.8 Å². The van der Waals surface area contributed by atoms with Crippen molar-refractivity contribution in [1.29, 1.82) is 0 Å². The van der Waals surface area contributed by atoms with Gasteiger partial charge in [0.2, 0.25) is 6.20 Å². The van der Waals surface area contributed by atoms with Gasteiger partial charge in [-0.15, -0.1) is 11.8 Å². The summed E-state index contributed by atoms with van der Waals surface area (Å²) >= 11 is 1.60. The van der Waals surface area contributed by atoms with Gasteiger partial charge < -0.3 is 9.47 Å². The zero-order chi connectivity index (χ0) is 13.5. The van der Waals surface area contributed by atoms with Gasteiger partial charge in [0, 0.05) is 6.08 Å². The van der Waals surface area contributed by atoms with E-state index in [-0.39, 0.29) is 0 Å². The number of ether oxygens (including phenoxy) is 2. The first kappa shape index (κ1) is 14.4. The van der Waals surface area contributed by atoms with Gasteiger partial charge in [-0.05, 0) is 23.4 Å². The summed E-state index contributed by atoms with van der Waals surface area (Å²) < 4.78 is 10.5. The van der Waals surface area contributed by atoms with Gasteiger partial charge in [-0.1, -0.05) is 6.92 Å². The van der Waals surface area contributed by atoms with Crippen molar-refractivity contribution in [2.75, 3.05) is 20.0 Å². The molecule has 0 N–H and O–H groups in total. The van der Waals surface area contributed by atoms with Crippen LogP contribution in [0.4, 0.5) is 0 Å². The third-order valence-corrected chi connectivity index (χ3v) is 3.06. The summed E-state index contributed by atoms with van der Waals surface area (Å²) in [6, 6.07) is 3.55. The van der Waals surface area contributed by atoms with Crippen molar-refractivity contribution in [3.8, 4) is 11.5 Å². The maximum atomic E-state index is 10.3.